The van der Waals surface area contributed by atoms with Crippen molar-refractivity contribution in [1.82, 2.24) is 5.32 Å². The number of hydrogen-bond acceptors (Lipinski definition) is 3. The van der Waals surface area contributed by atoms with Crippen LogP contribution in [0.1, 0.15) is 30.5 Å². The molecule has 1 amide bonds. The molecule has 19 heavy (non-hydrogen) atoms. The Morgan fingerprint density at radius 1 is 1.26 bits per heavy atom. The van der Waals surface area contributed by atoms with Crippen molar-refractivity contribution in [2.75, 3.05) is 6.61 Å². The van der Waals surface area contributed by atoms with E-state index in [1.165, 1.54) is 18.1 Å². The van der Waals surface area contributed by atoms with Crippen molar-refractivity contribution in [2.45, 2.75) is 40.2 Å². The van der Waals surface area contributed by atoms with Crippen LogP contribution < -0.4 is 5.32 Å². The summed E-state index contributed by atoms with van der Waals surface area (Å²) in [4.78, 5) is 23.0. The van der Waals surface area contributed by atoms with Crippen molar-refractivity contribution >= 4 is 11.9 Å². The van der Waals surface area contributed by atoms with Crippen LogP contribution in [0.15, 0.2) is 18.2 Å². The van der Waals surface area contributed by atoms with Crippen LogP contribution in [-0.4, -0.2) is 24.5 Å². The molecule has 1 N–H and O–H groups in total. The second-order valence-corrected chi connectivity index (χ2v) is 4.63. The molecule has 0 heterocycles. The van der Waals surface area contributed by atoms with Gasteiger partial charge >= 0.3 is 5.97 Å². The first kappa shape index (κ1) is 15.2. The molecule has 0 saturated heterocycles. The number of aryl methyl sites for hydroxylation is 2. The maximum absolute atomic E-state index is 11.8. The summed E-state index contributed by atoms with van der Waals surface area (Å²) < 4.78 is 4.98. The summed E-state index contributed by atoms with van der Waals surface area (Å²) in [6, 6.07) is 5.39. The molecule has 0 bridgehead atoms. The summed E-state index contributed by atoms with van der Waals surface area (Å²) in [5.74, 6) is -0.627. The van der Waals surface area contributed by atoms with Gasteiger partial charge in [-0.05, 0) is 37.5 Å². The summed E-state index contributed by atoms with van der Waals surface area (Å²) >= 11 is 0. The zero-order valence-corrected chi connectivity index (χ0v) is 11.9. The van der Waals surface area contributed by atoms with Gasteiger partial charge in [-0.2, -0.15) is 0 Å². The standard InChI is InChI=1S/C15H21NO3/c1-5-19-15(18)14(16-12(4)17)9-13-7-6-10(2)11(3)8-13/h6-8,14H,5,9H2,1-4H3,(H,16,17)/t14-/m0/s1. The Morgan fingerprint density at radius 3 is 2.47 bits per heavy atom. The third kappa shape index (κ3) is 4.73. The Hall–Kier alpha value is -1.84. The number of esters is 1. The van der Waals surface area contributed by atoms with Crippen molar-refractivity contribution in [2.24, 2.45) is 0 Å². The highest BCUT2D eigenvalue weighted by Gasteiger charge is 2.21. The van der Waals surface area contributed by atoms with E-state index in [1.54, 1.807) is 6.92 Å². The fourth-order valence-electron chi connectivity index (χ4n) is 1.85. The van der Waals surface area contributed by atoms with E-state index in [9.17, 15) is 9.59 Å². The largest absolute Gasteiger partial charge is 0.464 e. The van der Waals surface area contributed by atoms with Crippen molar-refractivity contribution in [3.05, 3.63) is 34.9 Å². The van der Waals surface area contributed by atoms with Crippen LogP contribution in [0.2, 0.25) is 0 Å². The lowest BCUT2D eigenvalue weighted by molar-refractivity contribution is -0.147. The smallest absolute Gasteiger partial charge is 0.328 e. The van der Waals surface area contributed by atoms with E-state index in [0.717, 1.165) is 5.56 Å². The minimum absolute atomic E-state index is 0.234. The van der Waals surface area contributed by atoms with Crippen LogP contribution in [-0.2, 0) is 20.7 Å². The van der Waals surface area contributed by atoms with E-state index in [4.69, 9.17) is 4.74 Å². The predicted molar refractivity (Wildman–Crippen MR) is 73.9 cm³/mol. The number of rotatable bonds is 5. The molecular weight excluding hydrogens is 242 g/mol. The summed E-state index contributed by atoms with van der Waals surface area (Å²) in [6.45, 7) is 7.51. The molecule has 0 aliphatic heterocycles. The van der Waals surface area contributed by atoms with Crippen LogP contribution in [0.3, 0.4) is 0 Å². The number of carbonyl (C=O) groups excluding carboxylic acids is 2. The average Bonchev–Trinajstić information content (AvgIpc) is 2.33. The molecule has 104 valence electrons. The van der Waals surface area contributed by atoms with E-state index < -0.39 is 12.0 Å². The molecule has 1 aromatic rings. The molecule has 1 aromatic carbocycles. The lowest BCUT2D eigenvalue weighted by Crippen LogP contribution is -2.42. The Labute approximate surface area is 114 Å². The maximum Gasteiger partial charge on any atom is 0.328 e. The van der Waals surface area contributed by atoms with Gasteiger partial charge < -0.3 is 10.1 Å². The Balaban J connectivity index is 2.83. The quantitative estimate of drug-likeness (QED) is 0.826. The van der Waals surface area contributed by atoms with Crippen LogP contribution in [0.5, 0.6) is 0 Å². The Bertz CT molecular complexity index is 468. The maximum atomic E-state index is 11.8. The second kappa shape index (κ2) is 6.92. The summed E-state index contributed by atoms with van der Waals surface area (Å²) in [5, 5.41) is 2.63. The molecule has 0 unspecified atom stereocenters. The van der Waals surface area contributed by atoms with Gasteiger partial charge in [0.2, 0.25) is 5.91 Å². The lowest BCUT2D eigenvalue weighted by atomic mass is 10.0. The minimum Gasteiger partial charge on any atom is -0.464 e. The van der Waals surface area contributed by atoms with E-state index >= 15 is 0 Å². The highest BCUT2D eigenvalue weighted by Crippen LogP contribution is 2.12. The second-order valence-electron chi connectivity index (χ2n) is 4.63. The number of carbonyl (C=O) groups is 2. The normalized spacial score (nSPS) is 11.8. The number of ether oxygens (including phenoxy) is 1. The third-order valence-electron chi connectivity index (χ3n) is 2.96. The van der Waals surface area contributed by atoms with Gasteiger partial charge in [-0.3, -0.25) is 4.79 Å². The van der Waals surface area contributed by atoms with Gasteiger partial charge in [0.1, 0.15) is 6.04 Å². The monoisotopic (exact) mass is 263 g/mol. The van der Waals surface area contributed by atoms with E-state index in [2.05, 4.69) is 5.32 Å². The van der Waals surface area contributed by atoms with Gasteiger partial charge in [0.15, 0.2) is 0 Å². The Morgan fingerprint density at radius 2 is 1.95 bits per heavy atom. The molecule has 0 radical (unpaired) electrons. The van der Waals surface area contributed by atoms with Crippen molar-refractivity contribution in [1.29, 1.82) is 0 Å². The summed E-state index contributed by atoms with van der Waals surface area (Å²) in [7, 11) is 0. The van der Waals surface area contributed by atoms with Gasteiger partial charge in [-0.25, -0.2) is 4.79 Å². The predicted octanol–water partition coefficient (Wildman–Crippen LogP) is 1.91. The van der Waals surface area contributed by atoms with Gasteiger partial charge in [0.05, 0.1) is 6.61 Å². The molecule has 0 fully saturated rings. The number of benzene rings is 1. The first-order chi connectivity index (χ1) is 8.93. The molecule has 0 aromatic heterocycles. The topological polar surface area (TPSA) is 55.4 Å². The van der Waals surface area contributed by atoms with Crippen LogP contribution in [0.25, 0.3) is 0 Å². The number of hydrogen-bond donors (Lipinski definition) is 1. The SMILES string of the molecule is CCOC(=O)[C@H](Cc1ccc(C)c(C)c1)NC(C)=O. The number of nitrogens with one attached hydrogen (secondary N) is 1. The van der Waals surface area contributed by atoms with Crippen LogP contribution in [0.4, 0.5) is 0 Å². The lowest BCUT2D eigenvalue weighted by Gasteiger charge is -2.17. The molecule has 4 heteroatoms. The first-order valence-corrected chi connectivity index (χ1v) is 6.44. The highest BCUT2D eigenvalue weighted by molar-refractivity contribution is 5.83. The van der Waals surface area contributed by atoms with E-state index in [-0.39, 0.29) is 5.91 Å². The van der Waals surface area contributed by atoms with Crippen molar-refractivity contribution < 1.29 is 14.3 Å². The minimum atomic E-state index is -0.625. The van der Waals surface area contributed by atoms with E-state index in [0.29, 0.717) is 13.0 Å². The number of amides is 1. The Kier molecular flexibility index (Phi) is 5.55. The van der Waals surface area contributed by atoms with Crippen molar-refractivity contribution in [3.63, 3.8) is 0 Å². The molecule has 0 saturated carbocycles. The zero-order chi connectivity index (χ0) is 14.4. The molecule has 0 spiro atoms. The van der Waals surface area contributed by atoms with Crippen molar-refractivity contribution in [3.8, 4) is 0 Å². The third-order valence-corrected chi connectivity index (χ3v) is 2.96. The average molecular weight is 263 g/mol. The zero-order valence-electron chi connectivity index (χ0n) is 11.9. The van der Waals surface area contributed by atoms with Gasteiger partial charge in [0.25, 0.3) is 0 Å². The first-order valence-electron chi connectivity index (χ1n) is 6.44. The fraction of sp³-hybridized carbons (Fsp3) is 0.467. The molecule has 1 rings (SSSR count). The van der Waals surface area contributed by atoms with Gasteiger partial charge in [-0.15, -0.1) is 0 Å². The highest BCUT2D eigenvalue weighted by atomic mass is 16.5. The van der Waals surface area contributed by atoms with E-state index in [1.807, 2.05) is 32.0 Å². The van der Waals surface area contributed by atoms with Crippen LogP contribution >= 0.6 is 0 Å². The molecule has 0 aliphatic carbocycles. The fourth-order valence-corrected chi connectivity index (χ4v) is 1.85. The summed E-state index contributed by atoms with van der Waals surface area (Å²) in [5.41, 5.74) is 3.38. The molecule has 0 aliphatic rings. The van der Waals surface area contributed by atoms with Crippen LogP contribution in [0, 0.1) is 13.8 Å². The van der Waals surface area contributed by atoms with Gasteiger partial charge in [-0.1, -0.05) is 18.2 Å². The molecular formula is C15H21NO3. The molecule has 4 nitrogen and oxygen atoms in total. The summed E-state index contributed by atoms with van der Waals surface area (Å²) in [6.07, 6.45) is 0.444. The van der Waals surface area contributed by atoms with Gasteiger partial charge in [0, 0.05) is 13.3 Å². The molecule has 1 atom stereocenters.